The average molecular weight is 435 g/mol. The van der Waals surface area contributed by atoms with Crippen molar-refractivity contribution < 1.29 is 9.59 Å². The minimum atomic E-state index is -0.744. The number of aryl methyl sites for hydroxylation is 1. The lowest BCUT2D eigenvalue weighted by atomic mass is 9.85. The number of hydrogen-bond acceptors (Lipinski definition) is 6. The molecule has 10 nitrogen and oxygen atoms in total. The molecule has 2 N–H and O–H groups in total. The first-order valence-corrected chi connectivity index (χ1v) is 10.5. The Morgan fingerprint density at radius 1 is 1.34 bits per heavy atom. The Morgan fingerprint density at radius 2 is 2.12 bits per heavy atom. The van der Waals surface area contributed by atoms with Crippen LogP contribution in [0.1, 0.15) is 37.6 Å². The van der Waals surface area contributed by atoms with Gasteiger partial charge in [-0.1, -0.05) is 20.8 Å². The highest BCUT2D eigenvalue weighted by Gasteiger charge is 2.38. The normalized spacial score (nSPS) is 17.3. The fourth-order valence-electron chi connectivity index (χ4n) is 3.86. The summed E-state index contributed by atoms with van der Waals surface area (Å²) >= 11 is 0. The minimum Gasteiger partial charge on any atom is -0.344 e. The maximum absolute atomic E-state index is 13.2. The molecule has 0 bridgehead atoms. The molecule has 1 saturated heterocycles. The van der Waals surface area contributed by atoms with Crippen LogP contribution < -0.4 is 5.32 Å². The third-order valence-electron chi connectivity index (χ3n) is 5.70. The predicted molar refractivity (Wildman–Crippen MR) is 117 cm³/mol. The van der Waals surface area contributed by atoms with Gasteiger partial charge in [-0.15, -0.1) is 0 Å². The van der Waals surface area contributed by atoms with Gasteiger partial charge in [0, 0.05) is 38.1 Å². The van der Waals surface area contributed by atoms with E-state index in [4.69, 9.17) is 5.26 Å². The number of nitriles is 1. The molecule has 1 fully saturated rings. The van der Waals surface area contributed by atoms with Crippen LogP contribution in [0.5, 0.6) is 0 Å². The molecule has 3 aromatic heterocycles. The van der Waals surface area contributed by atoms with Gasteiger partial charge >= 0.3 is 0 Å². The van der Waals surface area contributed by atoms with Crippen molar-refractivity contribution in [3.05, 3.63) is 30.4 Å². The van der Waals surface area contributed by atoms with Gasteiger partial charge in [0.25, 0.3) is 5.91 Å². The number of H-pyrrole nitrogens is 1. The zero-order valence-corrected chi connectivity index (χ0v) is 18.6. The van der Waals surface area contributed by atoms with E-state index in [0.29, 0.717) is 41.9 Å². The summed E-state index contributed by atoms with van der Waals surface area (Å²) in [6.45, 7) is 6.63. The largest absolute Gasteiger partial charge is 0.344 e. The van der Waals surface area contributed by atoms with Gasteiger partial charge in [-0.05, 0) is 11.8 Å². The molecule has 0 aliphatic carbocycles. The van der Waals surface area contributed by atoms with E-state index >= 15 is 0 Å². The van der Waals surface area contributed by atoms with E-state index in [9.17, 15) is 9.59 Å². The van der Waals surface area contributed by atoms with Gasteiger partial charge in [0.1, 0.15) is 11.6 Å². The number of rotatable bonds is 4. The summed E-state index contributed by atoms with van der Waals surface area (Å²) in [6.07, 6.45) is 7.33. The number of carbonyl (C=O) groups excluding carboxylic acids is 2. The van der Waals surface area contributed by atoms with Gasteiger partial charge in [-0.2, -0.15) is 10.4 Å². The Hall–Kier alpha value is -3.74. The molecule has 32 heavy (non-hydrogen) atoms. The number of aromatic nitrogens is 5. The first-order chi connectivity index (χ1) is 15.2. The fourth-order valence-corrected chi connectivity index (χ4v) is 3.86. The maximum Gasteiger partial charge on any atom is 0.255 e. The molecule has 0 aromatic carbocycles. The van der Waals surface area contributed by atoms with E-state index in [1.165, 1.54) is 0 Å². The highest BCUT2D eigenvalue weighted by molar-refractivity contribution is 6.06. The molecule has 0 unspecified atom stereocenters. The Kier molecular flexibility index (Phi) is 5.42. The first-order valence-electron chi connectivity index (χ1n) is 10.5. The van der Waals surface area contributed by atoms with Crippen LogP contribution in [0.3, 0.4) is 0 Å². The Labute approximate surface area is 185 Å². The number of fused-ring (bicyclic) bond motifs is 1. The molecule has 0 saturated carbocycles. The van der Waals surface area contributed by atoms with Crippen molar-refractivity contribution >= 4 is 23.0 Å². The van der Waals surface area contributed by atoms with Crippen LogP contribution in [0.25, 0.3) is 22.4 Å². The number of aromatic amines is 1. The van der Waals surface area contributed by atoms with Gasteiger partial charge < -0.3 is 15.2 Å². The molecule has 1 aliphatic rings. The summed E-state index contributed by atoms with van der Waals surface area (Å²) in [7, 11) is 1.81. The van der Waals surface area contributed by atoms with E-state index in [1.807, 2.05) is 34.0 Å². The number of carbonyl (C=O) groups is 2. The molecule has 4 rings (SSSR count). The standard InChI is InChI=1S/C22H26N8O2/c1-22(2,3)18(21(32)30-6-5-13(7-23)11-30)28-20(31)15-9-24-19-17(15)27-16(10-25-19)14-8-26-29(4)12-14/h8-10,12-13,18H,5-6,11H2,1-4H3,(H,24,25)(H,28,31)/t13-,18+/m1/s1. The fraction of sp³-hybridized carbons (Fsp3) is 0.455. The van der Waals surface area contributed by atoms with Crippen LogP contribution in [0.15, 0.2) is 24.8 Å². The highest BCUT2D eigenvalue weighted by atomic mass is 16.2. The summed E-state index contributed by atoms with van der Waals surface area (Å²) in [6, 6.07) is 1.48. The molecule has 166 valence electrons. The van der Waals surface area contributed by atoms with Crippen molar-refractivity contribution in [1.82, 2.24) is 34.9 Å². The predicted octanol–water partition coefficient (Wildman–Crippen LogP) is 1.87. The average Bonchev–Trinajstić information content (AvgIpc) is 3.49. The van der Waals surface area contributed by atoms with Gasteiger partial charge in [0.2, 0.25) is 5.91 Å². The Morgan fingerprint density at radius 3 is 2.75 bits per heavy atom. The first kappa shape index (κ1) is 21.5. The van der Waals surface area contributed by atoms with E-state index in [1.54, 1.807) is 28.2 Å². The van der Waals surface area contributed by atoms with Gasteiger partial charge in [-0.3, -0.25) is 14.3 Å². The monoisotopic (exact) mass is 434 g/mol. The molecule has 10 heteroatoms. The van der Waals surface area contributed by atoms with Crippen molar-refractivity contribution in [1.29, 1.82) is 5.26 Å². The quantitative estimate of drug-likeness (QED) is 0.644. The lowest BCUT2D eigenvalue weighted by molar-refractivity contribution is -0.134. The minimum absolute atomic E-state index is 0.162. The highest BCUT2D eigenvalue weighted by Crippen LogP contribution is 2.26. The molecule has 2 atom stereocenters. The second-order valence-corrected chi connectivity index (χ2v) is 9.23. The van der Waals surface area contributed by atoms with E-state index in [2.05, 4.69) is 31.4 Å². The van der Waals surface area contributed by atoms with Crippen LogP contribution in [0, 0.1) is 22.7 Å². The van der Waals surface area contributed by atoms with Crippen molar-refractivity contribution in [3.8, 4) is 17.3 Å². The van der Waals surface area contributed by atoms with Gasteiger partial charge in [0.05, 0.1) is 35.6 Å². The summed E-state index contributed by atoms with van der Waals surface area (Å²) in [5, 5.41) is 16.2. The van der Waals surface area contributed by atoms with Crippen molar-refractivity contribution in [2.24, 2.45) is 18.4 Å². The molecule has 1 aliphatic heterocycles. The molecule has 0 radical (unpaired) electrons. The van der Waals surface area contributed by atoms with Crippen molar-refractivity contribution in [2.45, 2.75) is 33.2 Å². The number of amides is 2. The Balaban J connectivity index is 1.61. The molecule has 3 aromatic rings. The summed E-state index contributed by atoms with van der Waals surface area (Å²) in [5.74, 6) is -0.742. The summed E-state index contributed by atoms with van der Waals surface area (Å²) < 4.78 is 1.67. The van der Waals surface area contributed by atoms with Crippen LogP contribution in [0.4, 0.5) is 0 Å². The van der Waals surface area contributed by atoms with Crippen LogP contribution in [0.2, 0.25) is 0 Å². The van der Waals surface area contributed by atoms with Crippen molar-refractivity contribution in [2.75, 3.05) is 13.1 Å². The number of likely N-dealkylation sites (tertiary alicyclic amines) is 1. The van der Waals surface area contributed by atoms with Gasteiger partial charge in [-0.25, -0.2) is 9.97 Å². The third-order valence-corrected chi connectivity index (χ3v) is 5.70. The lowest BCUT2D eigenvalue weighted by Crippen LogP contribution is -2.54. The maximum atomic E-state index is 13.2. The SMILES string of the molecule is Cn1cc(-c2cnc3[nH]cc(C(=O)N[C@@H](C(=O)N4CC[C@H](C#N)C4)C(C)(C)C)c3n2)cn1. The van der Waals surface area contributed by atoms with E-state index in [-0.39, 0.29) is 11.8 Å². The number of nitrogens with zero attached hydrogens (tertiary/aromatic N) is 6. The van der Waals surface area contributed by atoms with Crippen LogP contribution in [-0.4, -0.2) is 60.6 Å². The number of hydrogen-bond donors (Lipinski definition) is 2. The number of nitrogens with one attached hydrogen (secondary N) is 2. The topological polar surface area (TPSA) is 133 Å². The molecule has 4 heterocycles. The van der Waals surface area contributed by atoms with Crippen LogP contribution in [-0.2, 0) is 11.8 Å². The van der Waals surface area contributed by atoms with E-state index < -0.39 is 17.4 Å². The van der Waals surface area contributed by atoms with Gasteiger partial charge in [0.15, 0.2) is 5.65 Å². The molecule has 2 amide bonds. The lowest BCUT2D eigenvalue weighted by Gasteiger charge is -2.33. The van der Waals surface area contributed by atoms with E-state index in [0.717, 1.165) is 5.56 Å². The van der Waals surface area contributed by atoms with Crippen molar-refractivity contribution in [3.63, 3.8) is 0 Å². The Bertz CT molecular complexity index is 1210. The van der Waals surface area contributed by atoms with Crippen LogP contribution >= 0.6 is 0 Å². The molecular formula is C22H26N8O2. The zero-order chi connectivity index (χ0) is 23.0. The third kappa shape index (κ3) is 4.06. The second-order valence-electron chi connectivity index (χ2n) is 9.23. The molecular weight excluding hydrogens is 408 g/mol. The summed E-state index contributed by atoms with van der Waals surface area (Å²) in [5.41, 5.74) is 2.10. The summed E-state index contributed by atoms with van der Waals surface area (Å²) in [4.78, 5) is 40.1. The smallest absolute Gasteiger partial charge is 0.255 e. The second kappa shape index (κ2) is 8.07. The molecule has 0 spiro atoms. The zero-order valence-electron chi connectivity index (χ0n) is 18.6.